The Hall–Kier alpha value is -1.06. The van der Waals surface area contributed by atoms with Crippen LogP contribution in [0.25, 0.3) is 0 Å². The summed E-state index contributed by atoms with van der Waals surface area (Å²) in [5.74, 6) is 1.27. The first kappa shape index (κ1) is 9.49. The largest absolute Gasteiger partial charge is 0.309 e. The van der Waals surface area contributed by atoms with Crippen molar-refractivity contribution in [2.45, 2.75) is 26.7 Å². The maximum Gasteiger partial charge on any atom is 0.294 e. The molecule has 0 radical (unpaired) electrons. The van der Waals surface area contributed by atoms with E-state index in [-0.39, 0.29) is 6.61 Å². The minimum Gasteiger partial charge on any atom is -0.309 e. The summed E-state index contributed by atoms with van der Waals surface area (Å²) in [5.41, 5.74) is 1.44. The van der Waals surface area contributed by atoms with Crippen LogP contribution in [0.5, 0.6) is 0 Å². The topological polar surface area (TPSA) is 52.4 Å². The van der Waals surface area contributed by atoms with Gasteiger partial charge in [0.25, 0.3) is 5.09 Å². The third-order valence-electron chi connectivity index (χ3n) is 3.92. The van der Waals surface area contributed by atoms with Crippen LogP contribution in [-0.2, 0) is 4.84 Å². The number of hydrogen-bond donors (Lipinski definition) is 0. The molecule has 0 aromatic rings. The van der Waals surface area contributed by atoms with Crippen molar-refractivity contribution < 1.29 is 9.92 Å². The predicted molar refractivity (Wildman–Crippen MR) is 51.0 cm³/mol. The van der Waals surface area contributed by atoms with Crippen molar-refractivity contribution in [1.29, 1.82) is 0 Å². The first-order valence-electron chi connectivity index (χ1n) is 4.98. The second kappa shape index (κ2) is 2.97. The van der Waals surface area contributed by atoms with Gasteiger partial charge in [-0.1, -0.05) is 19.9 Å². The van der Waals surface area contributed by atoms with E-state index in [2.05, 4.69) is 24.8 Å². The van der Waals surface area contributed by atoms with E-state index in [1.54, 1.807) is 0 Å². The number of nitrogens with zero attached hydrogens (tertiary/aromatic N) is 1. The number of hydrogen-bond acceptors (Lipinski definition) is 3. The third-order valence-corrected chi connectivity index (χ3v) is 3.92. The lowest BCUT2D eigenvalue weighted by Crippen LogP contribution is -2.48. The van der Waals surface area contributed by atoms with Gasteiger partial charge in [0, 0.05) is 0 Å². The molecule has 0 aliphatic heterocycles. The van der Waals surface area contributed by atoms with Crippen molar-refractivity contribution in [1.82, 2.24) is 0 Å². The third kappa shape index (κ3) is 1.29. The lowest BCUT2D eigenvalue weighted by molar-refractivity contribution is -0.756. The van der Waals surface area contributed by atoms with E-state index >= 15 is 0 Å². The molecule has 4 nitrogen and oxygen atoms in total. The summed E-state index contributed by atoms with van der Waals surface area (Å²) in [4.78, 5) is 14.5. The summed E-state index contributed by atoms with van der Waals surface area (Å²) >= 11 is 0. The summed E-state index contributed by atoms with van der Waals surface area (Å²) in [6, 6.07) is 0. The molecule has 14 heavy (non-hydrogen) atoms. The summed E-state index contributed by atoms with van der Waals surface area (Å²) in [7, 11) is 0. The quantitative estimate of drug-likeness (QED) is 0.396. The van der Waals surface area contributed by atoms with Gasteiger partial charge in [0.15, 0.2) is 0 Å². The van der Waals surface area contributed by atoms with Gasteiger partial charge in [0.05, 0.1) is 0 Å². The van der Waals surface area contributed by atoms with Gasteiger partial charge < -0.3 is 4.84 Å². The molecule has 3 aliphatic rings. The van der Waals surface area contributed by atoms with Gasteiger partial charge in [-0.25, -0.2) is 0 Å². The van der Waals surface area contributed by atoms with Gasteiger partial charge in [0.2, 0.25) is 0 Å². The molecule has 1 saturated carbocycles. The Balaban J connectivity index is 2.00. The van der Waals surface area contributed by atoms with Crippen LogP contribution < -0.4 is 0 Å². The highest BCUT2D eigenvalue weighted by Gasteiger charge is 2.51. The summed E-state index contributed by atoms with van der Waals surface area (Å²) in [6.07, 6.45) is 4.35. The van der Waals surface area contributed by atoms with Crippen molar-refractivity contribution in [3.05, 3.63) is 21.8 Å². The van der Waals surface area contributed by atoms with Crippen LogP contribution in [0.1, 0.15) is 26.7 Å². The number of fused-ring (bicyclic) bond motifs is 1. The molecule has 0 amide bonds. The standard InChI is InChI=1S/C10H15NO3/c1-10(2)8-4-3-7(9(10)5-8)6-14-11(12)13/h3,8-9H,4-6H2,1-2H3/t8-,9-/m0/s1. The Morgan fingerprint density at radius 1 is 1.71 bits per heavy atom. The molecule has 0 unspecified atom stereocenters. The van der Waals surface area contributed by atoms with Crippen LogP contribution in [0.2, 0.25) is 0 Å². The van der Waals surface area contributed by atoms with Crippen LogP contribution in [0, 0.1) is 27.4 Å². The second-order valence-electron chi connectivity index (χ2n) is 4.82. The molecular weight excluding hydrogens is 182 g/mol. The van der Waals surface area contributed by atoms with Crippen molar-refractivity contribution in [3.63, 3.8) is 0 Å². The van der Waals surface area contributed by atoms with Crippen LogP contribution in [-0.4, -0.2) is 11.7 Å². The minimum atomic E-state index is -0.710. The molecule has 4 heteroatoms. The van der Waals surface area contributed by atoms with E-state index in [9.17, 15) is 10.1 Å². The van der Waals surface area contributed by atoms with Gasteiger partial charge >= 0.3 is 0 Å². The Bertz CT molecular complexity index is 296. The molecule has 0 spiro atoms. The fraction of sp³-hybridized carbons (Fsp3) is 0.800. The summed E-state index contributed by atoms with van der Waals surface area (Å²) in [6.45, 7) is 4.64. The highest BCUT2D eigenvalue weighted by atomic mass is 16.9. The summed E-state index contributed by atoms with van der Waals surface area (Å²) < 4.78 is 0. The van der Waals surface area contributed by atoms with Crippen molar-refractivity contribution >= 4 is 0 Å². The fourth-order valence-electron chi connectivity index (χ4n) is 2.77. The Morgan fingerprint density at radius 2 is 2.43 bits per heavy atom. The molecule has 3 rings (SSSR count). The Morgan fingerprint density at radius 3 is 2.93 bits per heavy atom. The van der Waals surface area contributed by atoms with E-state index in [1.807, 2.05) is 0 Å². The molecule has 78 valence electrons. The molecule has 1 fully saturated rings. The predicted octanol–water partition coefficient (Wildman–Crippen LogP) is 2.19. The lowest BCUT2D eigenvalue weighted by atomic mass is 9.49. The van der Waals surface area contributed by atoms with E-state index in [1.165, 1.54) is 6.42 Å². The average Bonchev–Trinajstić information content (AvgIpc) is 2.14. The van der Waals surface area contributed by atoms with Crippen LogP contribution >= 0.6 is 0 Å². The zero-order chi connectivity index (χ0) is 10.3. The first-order valence-corrected chi connectivity index (χ1v) is 4.98. The summed E-state index contributed by atoms with van der Waals surface area (Å²) in [5, 5.41) is 9.37. The van der Waals surface area contributed by atoms with Crippen molar-refractivity contribution in [3.8, 4) is 0 Å². The Kier molecular flexibility index (Phi) is 2.01. The maximum absolute atomic E-state index is 10.1. The highest BCUT2D eigenvalue weighted by molar-refractivity contribution is 5.23. The number of rotatable bonds is 3. The molecular formula is C10H15NO3. The minimum absolute atomic E-state index is 0.161. The van der Waals surface area contributed by atoms with Crippen molar-refractivity contribution in [2.24, 2.45) is 17.3 Å². The molecule has 2 bridgehead atoms. The molecule has 3 aliphatic carbocycles. The molecule has 0 aromatic carbocycles. The zero-order valence-electron chi connectivity index (χ0n) is 8.53. The zero-order valence-corrected chi connectivity index (χ0v) is 8.53. The SMILES string of the molecule is CC1(C)[C@H]2CC=C(CO[N+](=O)[O-])[C@@H]1C2. The fourth-order valence-corrected chi connectivity index (χ4v) is 2.77. The second-order valence-corrected chi connectivity index (χ2v) is 4.82. The van der Waals surface area contributed by atoms with E-state index in [4.69, 9.17) is 0 Å². The maximum atomic E-state index is 10.1. The van der Waals surface area contributed by atoms with Crippen LogP contribution in [0.3, 0.4) is 0 Å². The molecule has 2 atom stereocenters. The van der Waals surface area contributed by atoms with Crippen LogP contribution in [0.4, 0.5) is 0 Å². The monoisotopic (exact) mass is 197 g/mol. The normalized spacial score (nSPS) is 32.9. The van der Waals surface area contributed by atoms with Gasteiger partial charge in [-0.3, -0.25) is 0 Å². The smallest absolute Gasteiger partial charge is 0.294 e. The first-order chi connectivity index (χ1) is 6.51. The Labute approximate surface area is 83.0 Å². The van der Waals surface area contributed by atoms with Gasteiger partial charge in [0.1, 0.15) is 6.61 Å². The molecule has 0 N–H and O–H groups in total. The molecule has 0 saturated heterocycles. The van der Waals surface area contributed by atoms with Gasteiger partial charge in [-0.05, 0) is 35.7 Å². The van der Waals surface area contributed by atoms with E-state index in [0.717, 1.165) is 17.9 Å². The van der Waals surface area contributed by atoms with Crippen LogP contribution in [0.15, 0.2) is 11.6 Å². The van der Waals surface area contributed by atoms with E-state index in [0.29, 0.717) is 11.3 Å². The average molecular weight is 197 g/mol. The van der Waals surface area contributed by atoms with Gasteiger partial charge in [-0.15, -0.1) is 10.1 Å². The highest BCUT2D eigenvalue weighted by Crippen LogP contribution is 2.59. The molecule has 0 aromatic heterocycles. The number of allylic oxidation sites excluding steroid dienone is 1. The van der Waals surface area contributed by atoms with E-state index < -0.39 is 5.09 Å². The van der Waals surface area contributed by atoms with Crippen molar-refractivity contribution in [2.75, 3.05) is 6.61 Å². The lowest BCUT2D eigenvalue weighted by Gasteiger charge is -2.56. The molecule has 0 heterocycles. The van der Waals surface area contributed by atoms with Gasteiger partial charge in [-0.2, -0.15) is 0 Å².